The molecule has 2 saturated heterocycles. The van der Waals surface area contributed by atoms with Crippen molar-refractivity contribution in [1.82, 2.24) is 9.80 Å². The molecule has 2 aliphatic heterocycles. The van der Waals surface area contributed by atoms with Crippen molar-refractivity contribution in [1.29, 1.82) is 0 Å². The molecule has 124 valence electrons. The molecule has 0 saturated carbocycles. The second-order valence-electron chi connectivity index (χ2n) is 6.12. The highest BCUT2D eigenvalue weighted by Crippen LogP contribution is 2.34. The highest BCUT2D eigenvalue weighted by atomic mass is 32.2. The van der Waals surface area contributed by atoms with E-state index in [4.69, 9.17) is 12.2 Å². The fraction of sp³-hybridized carbons (Fsp3) is 0.467. The quantitative estimate of drug-likeness (QED) is 0.731. The molecule has 0 radical (unpaired) electrons. The van der Waals surface area contributed by atoms with E-state index in [9.17, 15) is 13.2 Å². The van der Waals surface area contributed by atoms with Gasteiger partial charge >= 0.3 is 0 Å². The van der Waals surface area contributed by atoms with Crippen LogP contribution < -0.4 is 4.90 Å². The largest absolute Gasteiger partial charge is 0.347 e. The minimum atomic E-state index is -3.13. The molecule has 1 aromatic carbocycles. The van der Waals surface area contributed by atoms with Gasteiger partial charge in [0.05, 0.1) is 30.1 Å². The first kappa shape index (κ1) is 16.2. The maximum Gasteiger partial charge on any atom is 0.241 e. The van der Waals surface area contributed by atoms with Crippen molar-refractivity contribution in [2.45, 2.75) is 12.1 Å². The van der Waals surface area contributed by atoms with Crippen molar-refractivity contribution in [3.05, 3.63) is 30.3 Å². The SMILES string of the molecule is CN(C)C(=O)CN1C(=S)N(c2ccccc2)[C@@H]2CS(=O)(=O)C[C@H]21. The summed E-state index contributed by atoms with van der Waals surface area (Å²) in [6.45, 7) is 0.103. The van der Waals surface area contributed by atoms with E-state index in [0.29, 0.717) is 5.11 Å². The molecule has 2 aliphatic rings. The van der Waals surface area contributed by atoms with Crippen LogP contribution in [-0.4, -0.2) is 73.5 Å². The number of carbonyl (C=O) groups excluding carboxylic acids is 1. The number of fused-ring (bicyclic) bond motifs is 1. The number of sulfone groups is 1. The molecule has 23 heavy (non-hydrogen) atoms. The first-order valence-electron chi connectivity index (χ1n) is 7.35. The van der Waals surface area contributed by atoms with Crippen LogP contribution in [0.3, 0.4) is 0 Å². The summed E-state index contributed by atoms with van der Waals surface area (Å²) in [6, 6.07) is 9.01. The number of amides is 1. The number of carbonyl (C=O) groups is 1. The molecule has 2 heterocycles. The number of hydrogen-bond donors (Lipinski definition) is 0. The first-order valence-corrected chi connectivity index (χ1v) is 9.58. The molecule has 0 bridgehead atoms. The lowest BCUT2D eigenvalue weighted by molar-refractivity contribution is -0.129. The van der Waals surface area contributed by atoms with Gasteiger partial charge in [0.25, 0.3) is 0 Å². The molecule has 1 aromatic rings. The maximum absolute atomic E-state index is 12.1. The van der Waals surface area contributed by atoms with Gasteiger partial charge in [-0.2, -0.15) is 0 Å². The van der Waals surface area contributed by atoms with Gasteiger partial charge in [0, 0.05) is 19.8 Å². The van der Waals surface area contributed by atoms with E-state index in [1.807, 2.05) is 35.2 Å². The van der Waals surface area contributed by atoms with E-state index < -0.39 is 9.84 Å². The molecule has 2 atom stereocenters. The number of likely N-dealkylation sites (N-methyl/N-ethyl adjacent to an activating group) is 1. The Hall–Kier alpha value is -1.67. The second kappa shape index (κ2) is 5.76. The van der Waals surface area contributed by atoms with E-state index in [1.165, 1.54) is 4.90 Å². The van der Waals surface area contributed by atoms with Gasteiger partial charge in [-0.1, -0.05) is 18.2 Å². The van der Waals surface area contributed by atoms with Gasteiger partial charge in [0.1, 0.15) is 0 Å². The Bertz CT molecular complexity index is 734. The summed E-state index contributed by atoms with van der Waals surface area (Å²) in [4.78, 5) is 17.2. The number of benzene rings is 1. The fourth-order valence-corrected chi connectivity index (χ4v) is 5.53. The van der Waals surface area contributed by atoms with Crippen LogP contribution in [0.2, 0.25) is 0 Å². The van der Waals surface area contributed by atoms with Crippen molar-refractivity contribution in [2.24, 2.45) is 0 Å². The normalized spacial score (nSPS) is 25.6. The van der Waals surface area contributed by atoms with E-state index in [-0.39, 0.29) is 36.0 Å². The smallest absolute Gasteiger partial charge is 0.241 e. The lowest BCUT2D eigenvalue weighted by atomic mass is 10.1. The summed E-state index contributed by atoms with van der Waals surface area (Å²) in [7, 11) is 0.233. The number of hydrogen-bond acceptors (Lipinski definition) is 4. The maximum atomic E-state index is 12.1. The van der Waals surface area contributed by atoms with Gasteiger partial charge in [0.2, 0.25) is 5.91 Å². The molecule has 8 heteroatoms. The van der Waals surface area contributed by atoms with Gasteiger partial charge < -0.3 is 14.7 Å². The summed E-state index contributed by atoms with van der Waals surface area (Å²) in [5.74, 6) is 0.0200. The Labute approximate surface area is 141 Å². The van der Waals surface area contributed by atoms with Gasteiger partial charge in [-0.05, 0) is 24.4 Å². The van der Waals surface area contributed by atoms with Gasteiger partial charge in [-0.3, -0.25) is 4.79 Å². The third-order valence-electron chi connectivity index (χ3n) is 4.32. The zero-order valence-electron chi connectivity index (χ0n) is 13.0. The first-order chi connectivity index (χ1) is 10.8. The van der Waals surface area contributed by atoms with Gasteiger partial charge in [-0.15, -0.1) is 0 Å². The number of para-hydroxylation sites is 1. The zero-order valence-corrected chi connectivity index (χ0v) is 14.7. The number of rotatable bonds is 3. The van der Waals surface area contributed by atoms with Gasteiger partial charge in [-0.25, -0.2) is 8.42 Å². The van der Waals surface area contributed by atoms with Crippen molar-refractivity contribution in [3.8, 4) is 0 Å². The second-order valence-corrected chi connectivity index (χ2v) is 8.63. The lowest BCUT2D eigenvalue weighted by Crippen LogP contribution is -2.43. The summed E-state index contributed by atoms with van der Waals surface area (Å²) in [5.41, 5.74) is 0.865. The molecule has 0 spiro atoms. The third kappa shape index (κ3) is 2.92. The Balaban J connectivity index is 1.96. The standard InChI is InChI=1S/C15H19N3O3S2/c1-16(2)14(19)8-17-12-9-23(20,21)10-13(12)18(15(17)22)11-6-4-3-5-7-11/h3-7,12-13H,8-10H2,1-2H3/t12-,13-/m1/s1. The van der Waals surface area contributed by atoms with E-state index in [2.05, 4.69) is 0 Å². The minimum Gasteiger partial charge on any atom is -0.347 e. The van der Waals surface area contributed by atoms with Crippen LogP contribution in [0.1, 0.15) is 0 Å². The molecule has 2 fully saturated rings. The number of nitrogens with zero attached hydrogens (tertiary/aromatic N) is 3. The van der Waals surface area contributed by atoms with Crippen molar-refractivity contribution in [3.63, 3.8) is 0 Å². The molecule has 0 aromatic heterocycles. The monoisotopic (exact) mass is 353 g/mol. The van der Waals surface area contributed by atoms with Crippen LogP contribution in [0.25, 0.3) is 0 Å². The zero-order chi connectivity index (χ0) is 16.8. The van der Waals surface area contributed by atoms with Crippen LogP contribution in [0.4, 0.5) is 5.69 Å². The predicted molar refractivity (Wildman–Crippen MR) is 93.1 cm³/mol. The topological polar surface area (TPSA) is 60.9 Å². The van der Waals surface area contributed by atoms with Crippen LogP contribution >= 0.6 is 12.2 Å². The third-order valence-corrected chi connectivity index (χ3v) is 6.45. The van der Waals surface area contributed by atoms with Crippen LogP contribution in [-0.2, 0) is 14.6 Å². The highest BCUT2D eigenvalue weighted by Gasteiger charge is 2.52. The fourth-order valence-electron chi connectivity index (χ4n) is 3.14. The van der Waals surface area contributed by atoms with Crippen molar-refractivity contribution in [2.75, 3.05) is 37.0 Å². The van der Waals surface area contributed by atoms with Crippen LogP contribution in [0.15, 0.2) is 30.3 Å². The average Bonchev–Trinajstić information content (AvgIpc) is 2.91. The van der Waals surface area contributed by atoms with E-state index in [1.54, 1.807) is 19.0 Å². The molecule has 3 rings (SSSR count). The highest BCUT2D eigenvalue weighted by molar-refractivity contribution is 7.91. The molecular formula is C15H19N3O3S2. The summed E-state index contributed by atoms with van der Waals surface area (Å²) < 4.78 is 24.2. The van der Waals surface area contributed by atoms with Crippen molar-refractivity contribution >= 4 is 38.8 Å². The Morgan fingerprint density at radius 3 is 2.43 bits per heavy atom. The Kier molecular flexibility index (Phi) is 4.05. The molecular weight excluding hydrogens is 334 g/mol. The minimum absolute atomic E-state index is 0.0435. The summed E-state index contributed by atoms with van der Waals surface area (Å²) in [5, 5.41) is 0.524. The van der Waals surface area contributed by atoms with Crippen LogP contribution in [0.5, 0.6) is 0 Å². The van der Waals surface area contributed by atoms with Gasteiger partial charge in [0.15, 0.2) is 14.9 Å². The average molecular weight is 353 g/mol. The lowest BCUT2D eigenvalue weighted by Gasteiger charge is -2.26. The Morgan fingerprint density at radius 1 is 1.22 bits per heavy atom. The van der Waals surface area contributed by atoms with Crippen LogP contribution in [0, 0.1) is 0 Å². The molecule has 1 amide bonds. The number of thiocarbonyl (C=S) groups is 1. The van der Waals surface area contributed by atoms with E-state index >= 15 is 0 Å². The van der Waals surface area contributed by atoms with E-state index in [0.717, 1.165) is 5.69 Å². The molecule has 0 aliphatic carbocycles. The summed E-state index contributed by atoms with van der Waals surface area (Å²) in [6.07, 6.45) is 0. The molecule has 0 N–H and O–H groups in total. The Morgan fingerprint density at radius 2 is 1.83 bits per heavy atom. The molecule has 0 unspecified atom stereocenters. The predicted octanol–water partition coefficient (Wildman–Crippen LogP) is 0.347. The van der Waals surface area contributed by atoms with Crippen molar-refractivity contribution < 1.29 is 13.2 Å². The molecule has 6 nitrogen and oxygen atoms in total. The summed E-state index contributed by atoms with van der Waals surface area (Å²) >= 11 is 5.56. The number of anilines is 1.